The highest BCUT2D eigenvalue weighted by molar-refractivity contribution is 8.03. The number of carbonyl (C=O) groups excluding carboxylic acids is 1. The van der Waals surface area contributed by atoms with Gasteiger partial charge >= 0.3 is 49.4 Å². The quantitative estimate of drug-likeness (QED) is 0.0561. The summed E-state index contributed by atoms with van der Waals surface area (Å²) in [6, 6.07) is 26.0. The second-order valence-electron chi connectivity index (χ2n) is 19.0. The van der Waals surface area contributed by atoms with Crippen molar-refractivity contribution >= 4 is 43.7 Å². The molecular formula is C58H33BF24O3S. The van der Waals surface area contributed by atoms with E-state index in [1.807, 2.05) is 91.0 Å². The van der Waals surface area contributed by atoms with Crippen LogP contribution in [0, 0.1) is 0 Å². The first-order valence-electron chi connectivity index (χ1n) is 24.3. The molecule has 0 atom stereocenters. The van der Waals surface area contributed by atoms with E-state index < -0.39 is 205 Å². The monoisotopic (exact) mass is 1280 g/mol. The highest BCUT2D eigenvalue weighted by Crippen LogP contribution is 2.42. The van der Waals surface area contributed by atoms with Gasteiger partial charge in [-0.25, -0.2) is 0 Å². The molecule has 0 radical (unpaired) electrons. The average molecular weight is 1280 g/mol. The number of para-hydroxylation sites is 1. The minimum absolute atomic E-state index is 0.0834. The molecule has 0 aliphatic carbocycles. The normalized spacial score (nSPS) is 13.2. The Bertz CT molecular complexity index is 3310. The molecule has 0 saturated heterocycles. The molecule has 460 valence electrons. The van der Waals surface area contributed by atoms with Crippen LogP contribution in [0.4, 0.5) is 105 Å². The zero-order valence-corrected chi connectivity index (χ0v) is 43.7. The molecule has 8 aromatic carbocycles. The summed E-state index contributed by atoms with van der Waals surface area (Å²) in [6.45, 7) is 0. The van der Waals surface area contributed by atoms with Crippen LogP contribution in [-0.4, -0.2) is 17.7 Å². The Balaban J connectivity index is 0.000000300. The van der Waals surface area contributed by atoms with Crippen LogP contribution in [0.2, 0.25) is 0 Å². The standard InChI is InChI=1S/C32H12BF24.C26H21O3S/c34-25(35,36)13-1-14(26(37,38)39)6-21(5-13)33(22-7-15(27(40,41)42)2-16(8-22)28(43,44)45,23-9-17(29(46,47)48)3-18(10-23)30(49,50)51)24-11-19(31(52,53)54)4-20(12-24)32(55,56)57;27-26(21-16-18-23(19-17-21)29-22-10-4-1-5-11-22)20-30(28,24-12-6-2-7-13-24)25-14-8-3-9-15-25/h1-12H;1-19H,20H2/q-1;+1. The second-order valence-corrected chi connectivity index (χ2v) is 21.6. The molecule has 0 aliphatic rings. The molecule has 0 spiro atoms. The SMILES string of the molecule is FC(F)(F)c1cc([B-](c2cc(C(F)(F)F)cc(C(F)(F)F)c2)(c2cc(C(F)(F)F)cc(C(F)(F)F)c2)c2cc(C(F)(F)F)cc(C(F)(F)F)c2)cc(C(F)(F)F)c1.O=C(C[S+](=O)(c1ccccc1)c1ccccc1)c1ccc(Oc2ccccc2)cc1. The van der Waals surface area contributed by atoms with E-state index in [0.29, 0.717) is 21.1 Å². The number of Topliss-reactive ketones (excluding diaryl/α,β-unsaturated/α-hetero) is 1. The summed E-state index contributed by atoms with van der Waals surface area (Å²) < 4.78 is 361. The summed E-state index contributed by atoms with van der Waals surface area (Å²) in [4.78, 5) is 14.4. The van der Waals surface area contributed by atoms with Crippen molar-refractivity contribution in [2.45, 2.75) is 59.2 Å². The lowest BCUT2D eigenvalue weighted by Gasteiger charge is -2.46. The van der Waals surface area contributed by atoms with Crippen LogP contribution in [0.25, 0.3) is 0 Å². The number of alkyl halides is 24. The molecule has 0 unspecified atom stereocenters. The molecule has 0 amide bonds. The molecule has 8 rings (SSSR count). The number of ether oxygens (including phenoxy) is 1. The van der Waals surface area contributed by atoms with E-state index in [-0.39, 0.29) is 11.5 Å². The molecule has 0 bridgehead atoms. The van der Waals surface area contributed by atoms with Crippen molar-refractivity contribution in [2.24, 2.45) is 0 Å². The van der Waals surface area contributed by atoms with Gasteiger partial charge in [0.25, 0.3) is 0 Å². The maximum Gasteiger partial charge on any atom is 0.416 e. The maximum absolute atomic E-state index is 14.2. The van der Waals surface area contributed by atoms with Crippen molar-refractivity contribution in [3.8, 4) is 11.5 Å². The smallest absolute Gasteiger partial charge is 0.416 e. The number of hydrogen-bond acceptors (Lipinski definition) is 3. The van der Waals surface area contributed by atoms with E-state index >= 15 is 0 Å². The predicted molar refractivity (Wildman–Crippen MR) is 270 cm³/mol. The van der Waals surface area contributed by atoms with Gasteiger partial charge in [0.15, 0.2) is 25.5 Å². The third-order valence-corrected chi connectivity index (χ3v) is 15.9. The van der Waals surface area contributed by atoms with Crippen LogP contribution in [-0.2, 0) is 63.6 Å². The van der Waals surface area contributed by atoms with Crippen molar-refractivity contribution in [2.75, 3.05) is 5.75 Å². The molecule has 3 nitrogen and oxygen atoms in total. The highest BCUT2D eigenvalue weighted by Gasteiger charge is 2.47. The maximum atomic E-state index is 14.2. The third kappa shape index (κ3) is 15.3. The van der Waals surface area contributed by atoms with Crippen molar-refractivity contribution in [3.63, 3.8) is 0 Å². The van der Waals surface area contributed by atoms with Gasteiger partial charge in [-0.15, -0.1) is 0 Å². The van der Waals surface area contributed by atoms with Gasteiger partial charge in [0, 0.05) is 5.56 Å². The fourth-order valence-electron chi connectivity index (χ4n) is 9.26. The van der Waals surface area contributed by atoms with Crippen molar-refractivity contribution in [1.82, 2.24) is 0 Å². The summed E-state index contributed by atoms with van der Waals surface area (Å²) in [5.41, 5.74) is -29.7. The average Bonchev–Trinajstić information content (AvgIpc) is 0.721. The summed E-state index contributed by atoms with van der Waals surface area (Å²) in [6.07, 6.45) is -54.8. The molecular weight excluding hydrogens is 1240 g/mol. The molecule has 0 fully saturated rings. The highest BCUT2D eigenvalue weighted by atomic mass is 32.2. The third-order valence-electron chi connectivity index (χ3n) is 13.2. The van der Waals surface area contributed by atoms with Gasteiger partial charge < -0.3 is 4.74 Å². The number of halogens is 24. The topological polar surface area (TPSA) is 43.4 Å². The summed E-state index contributed by atoms with van der Waals surface area (Å²) in [7, 11) is -2.73. The van der Waals surface area contributed by atoms with Gasteiger partial charge in [0.1, 0.15) is 17.6 Å². The van der Waals surface area contributed by atoms with E-state index in [2.05, 4.69) is 0 Å². The van der Waals surface area contributed by atoms with Crippen molar-refractivity contribution in [3.05, 3.63) is 238 Å². The van der Waals surface area contributed by atoms with Crippen LogP contribution < -0.4 is 26.6 Å². The molecule has 0 N–H and O–H groups in total. The number of ketones is 1. The first kappa shape index (κ1) is 66.3. The van der Waals surface area contributed by atoms with Gasteiger partial charge in [0.2, 0.25) is 5.78 Å². The van der Waals surface area contributed by atoms with Crippen LogP contribution in [0.15, 0.2) is 198 Å². The molecule has 0 heterocycles. The Morgan fingerprint density at radius 1 is 0.310 bits per heavy atom. The van der Waals surface area contributed by atoms with Gasteiger partial charge in [-0.3, -0.25) is 4.79 Å². The van der Waals surface area contributed by atoms with E-state index in [9.17, 15) is 114 Å². The lowest BCUT2D eigenvalue weighted by molar-refractivity contribution is -0.144. The van der Waals surface area contributed by atoms with E-state index in [1.54, 1.807) is 24.3 Å². The van der Waals surface area contributed by atoms with Gasteiger partial charge in [0.05, 0.1) is 44.5 Å². The molecule has 8 aromatic rings. The molecule has 0 aliphatic heterocycles. The lowest BCUT2D eigenvalue weighted by Crippen LogP contribution is -2.75. The van der Waals surface area contributed by atoms with E-state index in [4.69, 9.17) is 4.74 Å². The zero-order valence-electron chi connectivity index (χ0n) is 42.9. The summed E-state index contributed by atoms with van der Waals surface area (Å²) in [5.74, 6) is 1.12. The second kappa shape index (κ2) is 23.8. The number of benzene rings is 8. The predicted octanol–water partition coefficient (Wildman–Crippen LogP) is 17.5. The Labute approximate surface area is 476 Å². The number of carbonyl (C=O) groups is 1. The Kier molecular flexibility index (Phi) is 18.1. The lowest BCUT2D eigenvalue weighted by atomic mass is 9.12. The Hall–Kier alpha value is -8.24. The molecule has 29 heteroatoms. The number of hydrogen-bond donors (Lipinski definition) is 0. The van der Waals surface area contributed by atoms with Crippen LogP contribution in [0.1, 0.15) is 54.9 Å². The fraction of sp³-hybridized carbons (Fsp3) is 0.155. The van der Waals surface area contributed by atoms with Crippen LogP contribution in [0.5, 0.6) is 11.5 Å². The molecule has 0 aromatic heterocycles. The van der Waals surface area contributed by atoms with Crippen molar-refractivity contribution < 1.29 is 119 Å². The van der Waals surface area contributed by atoms with E-state index in [0.717, 1.165) is 5.75 Å². The van der Waals surface area contributed by atoms with E-state index in [1.165, 1.54) is 0 Å². The van der Waals surface area contributed by atoms with Crippen LogP contribution >= 0.6 is 0 Å². The van der Waals surface area contributed by atoms with Gasteiger partial charge in [-0.1, -0.05) is 107 Å². The molecule has 87 heavy (non-hydrogen) atoms. The first-order valence-corrected chi connectivity index (χ1v) is 26.0. The largest absolute Gasteiger partial charge is 0.457 e. The first-order chi connectivity index (χ1) is 39.9. The van der Waals surface area contributed by atoms with Gasteiger partial charge in [-0.05, 0) is 84.9 Å². The van der Waals surface area contributed by atoms with Crippen LogP contribution in [0.3, 0.4) is 0 Å². The Morgan fingerprint density at radius 3 is 0.759 bits per heavy atom. The number of rotatable bonds is 11. The molecule has 0 saturated carbocycles. The summed E-state index contributed by atoms with van der Waals surface area (Å²) >= 11 is 0. The minimum atomic E-state index is -6.13. The fourth-order valence-corrected chi connectivity index (χ4v) is 11.6. The minimum Gasteiger partial charge on any atom is -0.457 e. The zero-order chi connectivity index (χ0) is 64.7. The van der Waals surface area contributed by atoms with Crippen molar-refractivity contribution in [1.29, 1.82) is 0 Å². The van der Waals surface area contributed by atoms with Gasteiger partial charge in [-0.2, -0.15) is 127 Å². The summed E-state index contributed by atoms with van der Waals surface area (Å²) in [5, 5.41) is 0. The Morgan fingerprint density at radius 2 is 0.529 bits per heavy atom.